The highest BCUT2D eigenvalue weighted by atomic mass is 35.5. The van der Waals surface area contributed by atoms with E-state index in [1.807, 2.05) is 29.5 Å². The molecule has 0 aliphatic carbocycles. The van der Waals surface area contributed by atoms with Crippen molar-refractivity contribution in [2.45, 2.75) is 40.2 Å². The van der Waals surface area contributed by atoms with Gasteiger partial charge in [-0.05, 0) is 36.6 Å². The minimum atomic E-state index is 0.675. The van der Waals surface area contributed by atoms with Crippen LogP contribution < -0.4 is 5.32 Å². The molecule has 0 bridgehead atoms. The first-order valence-corrected chi connectivity index (χ1v) is 8.70. The molecular formula is C17H23ClN2S. The summed E-state index contributed by atoms with van der Waals surface area (Å²) in [5, 5.41) is 5.48. The van der Waals surface area contributed by atoms with Gasteiger partial charge < -0.3 is 5.32 Å². The van der Waals surface area contributed by atoms with Gasteiger partial charge in [0.1, 0.15) is 0 Å². The summed E-state index contributed by atoms with van der Waals surface area (Å²) < 4.78 is 0. The largest absolute Gasteiger partial charge is 0.312 e. The van der Waals surface area contributed by atoms with Crippen LogP contribution in [0.1, 0.15) is 41.9 Å². The minimum absolute atomic E-state index is 0.675. The van der Waals surface area contributed by atoms with Crippen LogP contribution in [0, 0.1) is 5.92 Å². The number of nitrogens with zero attached hydrogens (tertiary/aromatic N) is 1. The smallest absolute Gasteiger partial charge is 0.0975 e. The van der Waals surface area contributed by atoms with Gasteiger partial charge in [0.2, 0.25) is 0 Å². The predicted octanol–water partition coefficient (Wildman–Crippen LogP) is 4.70. The molecule has 1 aromatic carbocycles. The van der Waals surface area contributed by atoms with Crippen molar-refractivity contribution in [2.24, 2.45) is 5.92 Å². The zero-order valence-electron chi connectivity index (χ0n) is 12.9. The van der Waals surface area contributed by atoms with Crippen molar-refractivity contribution >= 4 is 22.9 Å². The maximum atomic E-state index is 6.05. The zero-order chi connectivity index (χ0) is 15.2. The molecule has 0 amide bonds. The molecule has 1 N–H and O–H groups in total. The first kappa shape index (κ1) is 16.5. The summed E-state index contributed by atoms with van der Waals surface area (Å²) in [5.41, 5.74) is 2.45. The molecule has 1 heterocycles. The summed E-state index contributed by atoms with van der Waals surface area (Å²) in [6, 6.07) is 8.03. The van der Waals surface area contributed by atoms with Crippen molar-refractivity contribution in [2.75, 3.05) is 6.54 Å². The van der Waals surface area contributed by atoms with Crippen LogP contribution in [0.2, 0.25) is 5.02 Å². The molecule has 2 rings (SSSR count). The van der Waals surface area contributed by atoms with E-state index >= 15 is 0 Å². The number of hydrogen-bond acceptors (Lipinski definition) is 3. The zero-order valence-corrected chi connectivity index (χ0v) is 14.5. The molecule has 0 radical (unpaired) electrons. The van der Waals surface area contributed by atoms with Crippen LogP contribution in [0.15, 0.2) is 24.3 Å². The number of thiazole rings is 1. The Kier molecular flexibility index (Phi) is 6.22. The van der Waals surface area contributed by atoms with Crippen LogP contribution in [-0.4, -0.2) is 11.5 Å². The van der Waals surface area contributed by atoms with Gasteiger partial charge in [-0.1, -0.05) is 44.5 Å². The van der Waals surface area contributed by atoms with Crippen LogP contribution in [0.3, 0.4) is 0 Å². The highest BCUT2D eigenvalue weighted by molar-refractivity contribution is 7.11. The van der Waals surface area contributed by atoms with Crippen molar-refractivity contribution in [3.8, 4) is 0 Å². The molecular weight excluding hydrogens is 300 g/mol. The average molecular weight is 323 g/mol. The number of aryl methyl sites for hydroxylation is 1. The molecule has 21 heavy (non-hydrogen) atoms. The maximum absolute atomic E-state index is 6.05. The Hall–Kier alpha value is -0.900. The Morgan fingerprint density at radius 1 is 1.33 bits per heavy atom. The standard InChI is InChI=1S/C17H23ClN2S/c1-4-15-16(11-19-10-12(2)3)21-17(20-15)9-13-6-5-7-14(18)8-13/h5-8,12,19H,4,9-11H2,1-3H3. The van der Waals surface area contributed by atoms with Gasteiger partial charge in [-0.2, -0.15) is 0 Å². The van der Waals surface area contributed by atoms with E-state index in [0.717, 1.165) is 31.0 Å². The van der Waals surface area contributed by atoms with Gasteiger partial charge in [0.25, 0.3) is 0 Å². The molecule has 0 saturated carbocycles. The summed E-state index contributed by atoms with van der Waals surface area (Å²) in [4.78, 5) is 6.16. The van der Waals surface area contributed by atoms with Crippen LogP contribution in [0.5, 0.6) is 0 Å². The SMILES string of the molecule is CCc1nc(Cc2cccc(Cl)c2)sc1CNCC(C)C. The van der Waals surface area contributed by atoms with Gasteiger partial charge >= 0.3 is 0 Å². The summed E-state index contributed by atoms with van der Waals surface area (Å²) >= 11 is 7.87. The maximum Gasteiger partial charge on any atom is 0.0975 e. The van der Waals surface area contributed by atoms with Gasteiger partial charge in [0, 0.05) is 22.9 Å². The second kappa shape index (κ2) is 7.92. The molecule has 4 heteroatoms. The fraction of sp³-hybridized carbons (Fsp3) is 0.471. The van der Waals surface area contributed by atoms with Crippen molar-refractivity contribution in [1.29, 1.82) is 0 Å². The lowest BCUT2D eigenvalue weighted by Gasteiger charge is -2.06. The van der Waals surface area contributed by atoms with Crippen molar-refractivity contribution in [3.05, 3.63) is 50.4 Å². The monoisotopic (exact) mass is 322 g/mol. The number of benzene rings is 1. The number of aromatic nitrogens is 1. The van der Waals surface area contributed by atoms with Gasteiger partial charge in [-0.25, -0.2) is 4.98 Å². The molecule has 2 aromatic rings. The van der Waals surface area contributed by atoms with Crippen LogP contribution in [0.25, 0.3) is 0 Å². The number of nitrogens with one attached hydrogen (secondary N) is 1. The van der Waals surface area contributed by atoms with Crippen LogP contribution >= 0.6 is 22.9 Å². The Labute approximate surface area is 136 Å². The molecule has 0 saturated heterocycles. The van der Waals surface area contributed by atoms with Gasteiger partial charge in [0.05, 0.1) is 10.7 Å². The topological polar surface area (TPSA) is 24.9 Å². The lowest BCUT2D eigenvalue weighted by Crippen LogP contribution is -2.18. The Balaban J connectivity index is 2.05. The van der Waals surface area contributed by atoms with E-state index in [0.29, 0.717) is 5.92 Å². The number of hydrogen-bond donors (Lipinski definition) is 1. The van der Waals surface area contributed by atoms with Crippen LogP contribution in [0.4, 0.5) is 0 Å². The van der Waals surface area contributed by atoms with Crippen molar-refractivity contribution in [3.63, 3.8) is 0 Å². The molecule has 2 nitrogen and oxygen atoms in total. The Bertz CT molecular complexity index is 578. The third kappa shape index (κ3) is 5.10. The summed E-state index contributed by atoms with van der Waals surface area (Å²) in [6.07, 6.45) is 1.85. The van der Waals surface area contributed by atoms with Crippen molar-refractivity contribution in [1.82, 2.24) is 10.3 Å². The van der Waals surface area contributed by atoms with E-state index in [1.165, 1.54) is 21.1 Å². The van der Waals surface area contributed by atoms with E-state index in [2.05, 4.69) is 32.2 Å². The van der Waals surface area contributed by atoms with Gasteiger partial charge in [-0.15, -0.1) is 11.3 Å². The fourth-order valence-electron chi connectivity index (χ4n) is 2.22. The van der Waals surface area contributed by atoms with E-state index in [-0.39, 0.29) is 0 Å². The fourth-order valence-corrected chi connectivity index (χ4v) is 3.60. The quantitative estimate of drug-likeness (QED) is 0.799. The minimum Gasteiger partial charge on any atom is -0.312 e. The molecule has 0 unspecified atom stereocenters. The molecule has 1 aromatic heterocycles. The molecule has 0 spiro atoms. The van der Waals surface area contributed by atoms with Gasteiger partial charge in [-0.3, -0.25) is 0 Å². The second-order valence-corrected chi connectivity index (χ2v) is 7.27. The Morgan fingerprint density at radius 3 is 2.81 bits per heavy atom. The highest BCUT2D eigenvalue weighted by Gasteiger charge is 2.10. The van der Waals surface area contributed by atoms with Gasteiger partial charge in [0.15, 0.2) is 0 Å². The van der Waals surface area contributed by atoms with Crippen molar-refractivity contribution < 1.29 is 0 Å². The van der Waals surface area contributed by atoms with E-state index in [4.69, 9.17) is 16.6 Å². The predicted molar refractivity (Wildman–Crippen MR) is 92.3 cm³/mol. The van der Waals surface area contributed by atoms with E-state index in [1.54, 1.807) is 0 Å². The molecule has 0 aliphatic rings. The molecule has 0 aliphatic heterocycles. The molecule has 114 valence electrons. The average Bonchev–Trinajstić information content (AvgIpc) is 2.80. The second-order valence-electron chi connectivity index (χ2n) is 5.66. The van der Waals surface area contributed by atoms with Crippen LogP contribution in [-0.2, 0) is 19.4 Å². The lowest BCUT2D eigenvalue weighted by molar-refractivity contribution is 0.553. The number of halogens is 1. The first-order chi connectivity index (χ1) is 10.1. The third-order valence-corrected chi connectivity index (χ3v) is 4.57. The third-order valence-electron chi connectivity index (χ3n) is 3.24. The molecule has 0 fully saturated rings. The summed E-state index contributed by atoms with van der Waals surface area (Å²) in [6.45, 7) is 8.60. The Morgan fingerprint density at radius 2 is 2.14 bits per heavy atom. The highest BCUT2D eigenvalue weighted by Crippen LogP contribution is 2.23. The molecule has 0 atom stereocenters. The lowest BCUT2D eigenvalue weighted by atomic mass is 10.2. The summed E-state index contributed by atoms with van der Waals surface area (Å²) in [5.74, 6) is 0.675. The number of rotatable bonds is 7. The first-order valence-electron chi connectivity index (χ1n) is 7.51. The van der Waals surface area contributed by atoms with E-state index < -0.39 is 0 Å². The normalized spacial score (nSPS) is 11.3. The van der Waals surface area contributed by atoms with E-state index in [9.17, 15) is 0 Å². The summed E-state index contributed by atoms with van der Waals surface area (Å²) in [7, 11) is 0.